The van der Waals surface area contributed by atoms with E-state index in [-0.39, 0.29) is 29.5 Å². The lowest BCUT2D eigenvalue weighted by atomic mass is 9.83. The number of carbonyl (C=O) groups excluding carboxylic acids is 1. The molecule has 2 unspecified atom stereocenters. The minimum atomic E-state index is -4.75. The highest BCUT2D eigenvalue weighted by atomic mass is 19.4. The van der Waals surface area contributed by atoms with Crippen molar-refractivity contribution in [3.05, 3.63) is 47.3 Å². The first kappa shape index (κ1) is 25.8. The molecule has 1 aromatic carbocycles. The molecule has 0 saturated carbocycles. The predicted molar refractivity (Wildman–Crippen MR) is 124 cm³/mol. The van der Waals surface area contributed by atoms with E-state index in [9.17, 15) is 23.2 Å². The second-order valence-corrected chi connectivity index (χ2v) is 9.39. The number of likely N-dealkylation sites (tertiary alicyclic amines) is 2. The number of nitrogens with zero attached hydrogens (tertiary/aromatic N) is 4. The number of nitrogens with one attached hydrogen (secondary N) is 1. The van der Waals surface area contributed by atoms with Crippen molar-refractivity contribution in [2.24, 2.45) is 5.92 Å². The topological polar surface area (TPSA) is 94.5 Å². The maximum atomic E-state index is 13.4. The molecule has 36 heavy (non-hydrogen) atoms. The van der Waals surface area contributed by atoms with Gasteiger partial charge in [-0.15, -0.1) is 13.2 Å². The van der Waals surface area contributed by atoms with E-state index < -0.39 is 6.36 Å². The molecular weight excluding hydrogens is 475 g/mol. The molecular formula is C25H30F3N5O3. The van der Waals surface area contributed by atoms with Crippen molar-refractivity contribution in [2.75, 3.05) is 39.9 Å². The zero-order chi connectivity index (χ0) is 25.7. The molecule has 0 bridgehead atoms. The fraction of sp³-hybridized carbons (Fsp3) is 0.560. The number of H-pyrrole nitrogens is 1. The van der Waals surface area contributed by atoms with Gasteiger partial charge < -0.3 is 19.3 Å². The van der Waals surface area contributed by atoms with Crippen LogP contribution in [0.25, 0.3) is 0 Å². The van der Waals surface area contributed by atoms with Crippen LogP contribution in [0.1, 0.15) is 48.0 Å². The van der Waals surface area contributed by atoms with Gasteiger partial charge in [-0.05, 0) is 43.0 Å². The molecule has 194 valence electrons. The van der Waals surface area contributed by atoms with Crippen molar-refractivity contribution < 1.29 is 27.4 Å². The first-order valence-electron chi connectivity index (χ1n) is 12.1. The van der Waals surface area contributed by atoms with Gasteiger partial charge >= 0.3 is 12.4 Å². The average Bonchev–Trinajstić information content (AvgIpc) is 3.35. The Morgan fingerprint density at radius 1 is 1.17 bits per heavy atom. The van der Waals surface area contributed by atoms with Gasteiger partial charge in [-0.25, -0.2) is 4.79 Å². The van der Waals surface area contributed by atoms with Gasteiger partial charge in [0.2, 0.25) is 0 Å². The van der Waals surface area contributed by atoms with E-state index in [1.54, 1.807) is 24.1 Å². The molecule has 1 N–H and O–H groups in total. The molecule has 2 aliphatic heterocycles. The zero-order valence-corrected chi connectivity index (χ0v) is 20.1. The maximum Gasteiger partial charge on any atom is 0.573 e. The second kappa shape index (κ2) is 11.2. The minimum Gasteiger partial charge on any atom is -0.406 e. The molecule has 8 nitrogen and oxygen atoms in total. The first-order chi connectivity index (χ1) is 17.3. The molecule has 2 atom stereocenters. The summed E-state index contributed by atoms with van der Waals surface area (Å²) in [5, 5.41) is 16.7. The van der Waals surface area contributed by atoms with Crippen LogP contribution in [-0.4, -0.2) is 72.3 Å². The SMILES string of the molecule is COCCc1cc(C2CC(c3ccc(OC(F)(F)F)cc3)CN(C(=O)N3CCC(C#N)CC3)C2)n[nH]1. The van der Waals surface area contributed by atoms with Gasteiger partial charge in [0.1, 0.15) is 5.75 Å². The van der Waals surface area contributed by atoms with Crippen molar-refractivity contribution in [3.63, 3.8) is 0 Å². The summed E-state index contributed by atoms with van der Waals surface area (Å²) in [5.41, 5.74) is 2.63. The Kier molecular flexibility index (Phi) is 8.04. The summed E-state index contributed by atoms with van der Waals surface area (Å²) in [5.74, 6) is -0.420. The number of aromatic nitrogens is 2. The summed E-state index contributed by atoms with van der Waals surface area (Å²) < 4.78 is 46.9. The number of piperidine rings is 2. The summed E-state index contributed by atoms with van der Waals surface area (Å²) in [6.45, 7) is 2.59. The molecule has 1 aromatic heterocycles. The van der Waals surface area contributed by atoms with Crippen LogP contribution in [0.4, 0.5) is 18.0 Å². The number of urea groups is 1. The Labute approximate surface area is 208 Å². The Hall–Kier alpha value is -3.26. The van der Waals surface area contributed by atoms with E-state index >= 15 is 0 Å². The maximum absolute atomic E-state index is 13.4. The zero-order valence-electron chi connectivity index (χ0n) is 20.1. The van der Waals surface area contributed by atoms with E-state index in [2.05, 4.69) is 21.0 Å². The fourth-order valence-corrected chi connectivity index (χ4v) is 4.98. The summed E-state index contributed by atoms with van der Waals surface area (Å²) in [4.78, 5) is 17.0. The van der Waals surface area contributed by atoms with E-state index in [0.29, 0.717) is 58.5 Å². The van der Waals surface area contributed by atoms with Crippen LogP contribution in [0.2, 0.25) is 0 Å². The van der Waals surface area contributed by atoms with Crippen molar-refractivity contribution >= 4 is 6.03 Å². The number of alkyl halides is 3. The van der Waals surface area contributed by atoms with Gasteiger partial charge in [-0.3, -0.25) is 5.10 Å². The summed E-state index contributed by atoms with van der Waals surface area (Å²) in [7, 11) is 1.64. The van der Waals surface area contributed by atoms with Gasteiger partial charge in [0.15, 0.2) is 0 Å². The smallest absolute Gasteiger partial charge is 0.406 e. The largest absolute Gasteiger partial charge is 0.573 e. The van der Waals surface area contributed by atoms with Crippen LogP contribution < -0.4 is 4.74 Å². The van der Waals surface area contributed by atoms with Crippen molar-refractivity contribution in [1.29, 1.82) is 5.26 Å². The van der Waals surface area contributed by atoms with Gasteiger partial charge in [-0.1, -0.05) is 12.1 Å². The lowest BCUT2D eigenvalue weighted by Gasteiger charge is -2.41. The molecule has 2 aliphatic rings. The molecule has 2 saturated heterocycles. The molecule has 2 amide bonds. The third-order valence-electron chi connectivity index (χ3n) is 6.90. The van der Waals surface area contributed by atoms with Crippen LogP contribution in [0.3, 0.4) is 0 Å². The highest BCUT2D eigenvalue weighted by Gasteiger charge is 2.36. The van der Waals surface area contributed by atoms with E-state index in [0.717, 1.165) is 17.0 Å². The van der Waals surface area contributed by atoms with Crippen molar-refractivity contribution in [1.82, 2.24) is 20.0 Å². The molecule has 3 heterocycles. The second-order valence-electron chi connectivity index (χ2n) is 9.39. The Balaban J connectivity index is 1.53. The molecule has 2 aromatic rings. The number of amides is 2. The van der Waals surface area contributed by atoms with Gasteiger partial charge in [0, 0.05) is 63.2 Å². The Morgan fingerprint density at radius 2 is 1.86 bits per heavy atom. The van der Waals surface area contributed by atoms with Crippen LogP contribution >= 0.6 is 0 Å². The van der Waals surface area contributed by atoms with Crippen LogP contribution in [0.15, 0.2) is 30.3 Å². The normalized spacial score (nSPS) is 21.3. The van der Waals surface area contributed by atoms with Crippen LogP contribution in [0.5, 0.6) is 5.75 Å². The summed E-state index contributed by atoms with van der Waals surface area (Å²) in [6.07, 6.45) is -2.04. The van der Waals surface area contributed by atoms with Crippen LogP contribution in [0, 0.1) is 17.2 Å². The molecule has 0 radical (unpaired) electrons. The fourth-order valence-electron chi connectivity index (χ4n) is 4.98. The lowest BCUT2D eigenvalue weighted by Crippen LogP contribution is -2.51. The number of rotatable bonds is 6. The van der Waals surface area contributed by atoms with Crippen LogP contribution in [-0.2, 0) is 11.2 Å². The number of methoxy groups -OCH3 is 1. The number of ether oxygens (including phenoxy) is 2. The van der Waals surface area contributed by atoms with Gasteiger partial charge in [0.05, 0.1) is 18.4 Å². The molecule has 11 heteroatoms. The third-order valence-corrected chi connectivity index (χ3v) is 6.90. The first-order valence-corrected chi connectivity index (χ1v) is 12.1. The third kappa shape index (κ3) is 6.49. The summed E-state index contributed by atoms with van der Waals surface area (Å²) in [6, 6.07) is 10.1. The highest BCUT2D eigenvalue weighted by Crippen LogP contribution is 2.37. The highest BCUT2D eigenvalue weighted by molar-refractivity contribution is 5.75. The minimum absolute atomic E-state index is 0.0251. The number of hydrogen-bond acceptors (Lipinski definition) is 5. The predicted octanol–water partition coefficient (Wildman–Crippen LogP) is 4.43. The Morgan fingerprint density at radius 3 is 2.50 bits per heavy atom. The molecule has 2 fully saturated rings. The van der Waals surface area contributed by atoms with E-state index in [1.807, 2.05) is 11.0 Å². The van der Waals surface area contributed by atoms with Gasteiger partial charge in [-0.2, -0.15) is 10.4 Å². The van der Waals surface area contributed by atoms with E-state index in [1.165, 1.54) is 12.1 Å². The summed E-state index contributed by atoms with van der Waals surface area (Å²) >= 11 is 0. The monoisotopic (exact) mass is 505 g/mol. The van der Waals surface area contributed by atoms with Gasteiger partial charge in [0.25, 0.3) is 0 Å². The number of carbonyl (C=O) groups is 1. The number of hydrogen-bond donors (Lipinski definition) is 1. The van der Waals surface area contributed by atoms with Crippen molar-refractivity contribution in [3.8, 4) is 11.8 Å². The number of aromatic amines is 1. The molecule has 4 rings (SSSR count). The standard InChI is InChI=1S/C25H30F3N5O3/c1-35-11-8-21-13-23(31-30-21)20-12-19(18-2-4-22(5-3-18)36-25(26,27)28)15-33(16-20)24(34)32-9-6-17(14-29)7-10-32/h2-5,13,17,19-20H,6-12,15-16H2,1H3,(H,30,31). The van der Waals surface area contributed by atoms with E-state index in [4.69, 9.17) is 4.74 Å². The lowest BCUT2D eigenvalue weighted by molar-refractivity contribution is -0.274. The molecule has 0 aliphatic carbocycles. The Bertz CT molecular complexity index is 1060. The quantitative estimate of drug-likeness (QED) is 0.627. The van der Waals surface area contributed by atoms with Crippen molar-refractivity contribution in [2.45, 2.75) is 43.9 Å². The average molecular weight is 506 g/mol. The number of benzene rings is 1. The molecule has 0 spiro atoms. The number of nitriles is 1. The number of halogens is 3.